The molecule has 0 aromatic carbocycles. The monoisotopic (exact) mass is 200 g/mol. The van der Waals surface area contributed by atoms with Crippen LogP contribution in [0.4, 0.5) is 0 Å². The Labute approximate surface area is 84.5 Å². The third-order valence-electron chi connectivity index (χ3n) is 3.02. The molecule has 1 amide bonds. The molecule has 2 rings (SSSR count). The zero-order chi connectivity index (χ0) is 9.42. The zero-order valence-corrected chi connectivity index (χ0v) is 8.83. The molecule has 0 spiro atoms. The molecule has 0 aromatic rings. The predicted molar refractivity (Wildman–Crippen MR) is 54.8 cm³/mol. The van der Waals surface area contributed by atoms with Gasteiger partial charge in [-0.3, -0.25) is 9.69 Å². The van der Waals surface area contributed by atoms with E-state index >= 15 is 0 Å². The molecule has 0 bridgehead atoms. The molecule has 3 nitrogen and oxygen atoms in total. The average Bonchev–Trinajstić information content (AvgIpc) is 2.48. The van der Waals surface area contributed by atoms with Crippen molar-refractivity contribution in [2.24, 2.45) is 0 Å². The smallest absolute Gasteiger partial charge is 0.237 e. The van der Waals surface area contributed by atoms with Crippen molar-refractivity contribution < 1.29 is 4.79 Å². The van der Waals surface area contributed by atoms with Gasteiger partial charge < -0.3 is 4.90 Å². The van der Waals surface area contributed by atoms with Crippen molar-refractivity contribution in [3.8, 4) is 0 Å². The van der Waals surface area contributed by atoms with Crippen molar-refractivity contribution in [3.63, 3.8) is 0 Å². The van der Waals surface area contributed by atoms with Gasteiger partial charge in [0.15, 0.2) is 0 Å². The van der Waals surface area contributed by atoms with E-state index in [1.807, 2.05) is 11.8 Å². The topological polar surface area (TPSA) is 23.6 Å². The molecule has 0 aromatic heterocycles. The number of piperazine rings is 1. The van der Waals surface area contributed by atoms with E-state index < -0.39 is 0 Å². The lowest BCUT2D eigenvalue weighted by atomic mass is 10.1. The van der Waals surface area contributed by atoms with Crippen LogP contribution in [0.5, 0.6) is 0 Å². The second kappa shape index (κ2) is 3.50. The van der Waals surface area contributed by atoms with E-state index in [-0.39, 0.29) is 11.3 Å². The quantitative estimate of drug-likeness (QED) is 0.626. The Morgan fingerprint density at radius 3 is 3.08 bits per heavy atom. The Hall–Kier alpha value is -0.220. The van der Waals surface area contributed by atoms with Crippen molar-refractivity contribution >= 4 is 18.5 Å². The highest BCUT2D eigenvalue weighted by Crippen LogP contribution is 2.23. The maximum absolute atomic E-state index is 11.6. The summed E-state index contributed by atoms with van der Waals surface area (Å²) >= 11 is 4.32. The Morgan fingerprint density at radius 1 is 1.62 bits per heavy atom. The average molecular weight is 200 g/mol. The van der Waals surface area contributed by atoms with Crippen LogP contribution in [0.2, 0.25) is 0 Å². The Balaban J connectivity index is 2.05. The van der Waals surface area contributed by atoms with Crippen LogP contribution < -0.4 is 0 Å². The third-order valence-corrected chi connectivity index (χ3v) is 3.30. The molecular formula is C9H16N2OS. The van der Waals surface area contributed by atoms with Gasteiger partial charge in [0, 0.05) is 12.6 Å². The summed E-state index contributed by atoms with van der Waals surface area (Å²) in [4.78, 5) is 15.8. The second-order valence-electron chi connectivity index (χ2n) is 3.94. The number of carbonyl (C=O) groups excluding carboxylic acids is 1. The molecule has 2 atom stereocenters. The van der Waals surface area contributed by atoms with Gasteiger partial charge in [0.25, 0.3) is 0 Å². The highest BCUT2D eigenvalue weighted by Gasteiger charge is 2.35. The number of fused-ring (bicyclic) bond motifs is 1. The van der Waals surface area contributed by atoms with E-state index in [0.717, 1.165) is 13.1 Å². The van der Waals surface area contributed by atoms with Gasteiger partial charge in [0.2, 0.25) is 5.91 Å². The number of hydrogen-bond donors (Lipinski definition) is 1. The van der Waals surface area contributed by atoms with E-state index in [4.69, 9.17) is 0 Å². The van der Waals surface area contributed by atoms with Crippen LogP contribution in [0.3, 0.4) is 0 Å². The van der Waals surface area contributed by atoms with E-state index in [9.17, 15) is 4.79 Å². The van der Waals surface area contributed by atoms with E-state index in [1.165, 1.54) is 12.8 Å². The summed E-state index contributed by atoms with van der Waals surface area (Å²) in [6.07, 6.45) is 2.48. The molecule has 2 aliphatic rings. The predicted octanol–water partition coefficient (Wildman–Crippen LogP) is 0.569. The molecule has 2 saturated heterocycles. The van der Waals surface area contributed by atoms with Crippen LogP contribution in [0, 0.1) is 0 Å². The number of carbonyl (C=O) groups is 1. The van der Waals surface area contributed by atoms with Crippen molar-refractivity contribution in [1.82, 2.24) is 9.80 Å². The Bertz CT molecular complexity index is 220. The van der Waals surface area contributed by atoms with E-state index in [0.29, 0.717) is 12.6 Å². The number of hydrogen-bond acceptors (Lipinski definition) is 3. The lowest BCUT2D eigenvalue weighted by Gasteiger charge is -2.38. The Kier molecular flexibility index (Phi) is 2.51. The first kappa shape index (κ1) is 9.34. The lowest BCUT2D eigenvalue weighted by molar-refractivity contribution is -0.137. The number of nitrogens with zero attached hydrogens (tertiary/aromatic N) is 2. The maximum Gasteiger partial charge on any atom is 0.237 e. The summed E-state index contributed by atoms with van der Waals surface area (Å²) in [6, 6.07) is 0.604. The van der Waals surface area contributed by atoms with Crippen LogP contribution >= 0.6 is 12.6 Å². The van der Waals surface area contributed by atoms with Gasteiger partial charge in [-0.05, 0) is 26.3 Å². The van der Waals surface area contributed by atoms with Crippen molar-refractivity contribution in [1.29, 1.82) is 0 Å². The summed E-state index contributed by atoms with van der Waals surface area (Å²) in [5, 5.41) is 0.0650. The van der Waals surface area contributed by atoms with Gasteiger partial charge >= 0.3 is 0 Å². The van der Waals surface area contributed by atoms with Crippen molar-refractivity contribution in [3.05, 3.63) is 0 Å². The molecular weight excluding hydrogens is 184 g/mol. The lowest BCUT2D eigenvalue weighted by Crippen LogP contribution is -2.55. The minimum Gasteiger partial charge on any atom is -0.329 e. The van der Waals surface area contributed by atoms with Crippen molar-refractivity contribution in [2.75, 3.05) is 19.6 Å². The molecule has 13 heavy (non-hydrogen) atoms. The SMILES string of the molecule is CC(S)N1CC2CCCN2CC1=O. The fourth-order valence-corrected chi connectivity index (χ4v) is 2.49. The standard InChI is InChI=1S/C9H16N2OS/c1-7(13)11-5-8-3-2-4-10(8)6-9(11)12/h7-8,13H,2-6H2,1H3. The van der Waals surface area contributed by atoms with E-state index in [2.05, 4.69) is 17.5 Å². The second-order valence-corrected chi connectivity index (χ2v) is 4.69. The van der Waals surface area contributed by atoms with Gasteiger partial charge in [-0.15, -0.1) is 0 Å². The first-order valence-electron chi connectivity index (χ1n) is 4.90. The van der Waals surface area contributed by atoms with Crippen LogP contribution in [0.15, 0.2) is 0 Å². The summed E-state index contributed by atoms with van der Waals surface area (Å²) < 4.78 is 0. The summed E-state index contributed by atoms with van der Waals surface area (Å²) in [5.41, 5.74) is 0. The van der Waals surface area contributed by atoms with Crippen LogP contribution in [-0.4, -0.2) is 46.8 Å². The molecule has 0 radical (unpaired) electrons. The molecule has 0 saturated carbocycles. The minimum absolute atomic E-state index is 0.0650. The summed E-state index contributed by atoms with van der Waals surface area (Å²) in [7, 11) is 0. The normalized spacial score (nSPS) is 32.0. The fourth-order valence-electron chi connectivity index (χ4n) is 2.26. The van der Waals surface area contributed by atoms with Crippen LogP contribution in [0.25, 0.3) is 0 Å². The van der Waals surface area contributed by atoms with Gasteiger partial charge in [-0.1, -0.05) is 0 Å². The number of amides is 1. The molecule has 74 valence electrons. The van der Waals surface area contributed by atoms with Crippen LogP contribution in [-0.2, 0) is 4.79 Å². The number of thiol groups is 1. The minimum atomic E-state index is 0.0650. The van der Waals surface area contributed by atoms with Gasteiger partial charge in [-0.2, -0.15) is 12.6 Å². The molecule has 2 heterocycles. The first-order valence-corrected chi connectivity index (χ1v) is 5.41. The fraction of sp³-hybridized carbons (Fsp3) is 0.889. The number of rotatable bonds is 1. The largest absolute Gasteiger partial charge is 0.329 e. The third kappa shape index (κ3) is 1.70. The van der Waals surface area contributed by atoms with Crippen LogP contribution in [0.1, 0.15) is 19.8 Å². The summed E-state index contributed by atoms with van der Waals surface area (Å²) in [5.74, 6) is 0.237. The highest BCUT2D eigenvalue weighted by molar-refractivity contribution is 7.80. The molecule has 0 aliphatic carbocycles. The van der Waals surface area contributed by atoms with Gasteiger partial charge in [0.1, 0.15) is 0 Å². The Morgan fingerprint density at radius 2 is 2.38 bits per heavy atom. The molecule has 0 N–H and O–H groups in total. The maximum atomic E-state index is 11.6. The molecule has 2 unspecified atom stereocenters. The summed E-state index contributed by atoms with van der Waals surface area (Å²) in [6.45, 7) is 4.55. The van der Waals surface area contributed by atoms with Gasteiger partial charge in [-0.25, -0.2) is 0 Å². The first-order chi connectivity index (χ1) is 6.18. The molecule has 2 aliphatic heterocycles. The van der Waals surface area contributed by atoms with E-state index in [1.54, 1.807) is 0 Å². The van der Waals surface area contributed by atoms with Gasteiger partial charge in [0.05, 0.1) is 11.9 Å². The molecule has 4 heteroatoms. The van der Waals surface area contributed by atoms with Crippen molar-refractivity contribution in [2.45, 2.75) is 31.2 Å². The highest BCUT2D eigenvalue weighted by atomic mass is 32.1. The molecule has 2 fully saturated rings. The zero-order valence-electron chi connectivity index (χ0n) is 7.94.